The molecule has 0 aliphatic rings. The monoisotopic (exact) mass is 278 g/mol. The summed E-state index contributed by atoms with van der Waals surface area (Å²) in [4.78, 5) is 13.9. The van der Waals surface area contributed by atoms with Gasteiger partial charge >= 0.3 is 0 Å². The molecule has 2 aromatic heterocycles. The highest BCUT2D eigenvalue weighted by molar-refractivity contribution is 7.18. The fourth-order valence-corrected chi connectivity index (χ4v) is 2.85. The number of nitrogens with one attached hydrogen (secondary N) is 1. The summed E-state index contributed by atoms with van der Waals surface area (Å²) in [5, 5.41) is 4.47. The minimum absolute atomic E-state index is 0.745. The first-order valence-electron chi connectivity index (χ1n) is 6.95. The SMILES string of the molecule is CCCNc1nc(N(C)CC)c2cc(CC)sc2n1. The highest BCUT2D eigenvalue weighted by atomic mass is 32.1. The van der Waals surface area contributed by atoms with Gasteiger partial charge in [-0.25, -0.2) is 4.98 Å². The number of aryl methyl sites for hydroxylation is 1. The highest BCUT2D eigenvalue weighted by Gasteiger charge is 2.13. The fourth-order valence-electron chi connectivity index (χ4n) is 1.89. The second-order valence-electron chi connectivity index (χ2n) is 4.60. The van der Waals surface area contributed by atoms with Crippen molar-refractivity contribution in [3.63, 3.8) is 0 Å². The van der Waals surface area contributed by atoms with E-state index in [0.717, 1.165) is 42.5 Å². The highest BCUT2D eigenvalue weighted by Crippen LogP contribution is 2.31. The van der Waals surface area contributed by atoms with E-state index in [1.54, 1.807) is 11.3 Å². The third-order valence-electron chi connectivity index (χ3n) is 3.14. The van der Waals surface area contributed by atoms with E-state index in [9.17, 15) is 0 Å². The minimum atomic E-state index is 0.745. The number of nitrogens with zero attached hydrogens (tertiary/aromatic N) is 3. The third-order valence-corrected chi connectivity index (χ3v) is 4.31. The summed E-state index contributed by atoms with van der Waals surface area (Å²) in [6.07, 6.45) is 2.12. The lowest BCUT2D eigenvalue weighted by Gasteiger charge is -2.17. The van der Waals surface area contributed by atoms with Crippen LogP contribution in [0.3, 0.4) is 0 Å². The summed E-state index contributed by atoms with van der Waals surface area (Å²) in [6, 6.07) is 2.23. The van der Waals surface area contributed by atoms with Gasteiger partial charge in [-0.3, -0.25) is 0 Å². The molecule has 0 unspecified atom stereocenters. The van der Waals surface area contributed by atoms with Crippen LogP contribution >= 0.6 is 11.3 Å². The van der Waals surface area contributed by atoms with Gasteiger partial charge in [-0.2, -0.15) is 4.98 Å². The van der Waals surface area contributed by atoms with Gasteiger partial charge in [0.25, 0.3) is 0 Å². The maximum absolute atomic E-state index is 4.67. The minimum Gasteiger partial charge on any atom is -0.359 e. The maximum atomic E-state index is 4.67. The average molecular weight is 278 g/mol. The van der Waals surface area contributed by atoms with Crippen molar-refractivity contribution in [2.45, 2.75) is 33.6 Å². The molecular weight excluding hydrogens is 256 g/mol. The van der Waals surface area contributed by atoms with Gasteiger partial charge in [-0.1, -0.05) is 13.8 Å². The van der Waals surface area contributed by atoms with Crippen LogP contribution in [0.15, 0.2) is 6.07 Å². The Balaban J connectivity index is 2.50. The standard InChI is InChI=1S/C14H22N4S/c1-5-8-15-14-16-12(18(4)7-3)11-9-10(6-2)19-13(11)17-14/h9H,5-8H2,1-4H3,(H,15,16,17). The molecule has 0 aliphatic heterocycles. The molecular formula is C14H22N4S. The number of thiophene rings is 1. The number of hydrogen-bond donors (Lipinski definition) is 1. The van der Waals surface area contributed by atoms with E-state index in [1.165, 1.54) is 10.3 Å². The second-order valence-corrected chi connectivity index (χ2v) is 5.71. The zero-order valence-corrected chi connectivity index (χ0v) is 13.0. The molecule has 2 heterocycles. The van der Waals surface area contributed by atoms with Crippen molar-refractivity contribution in [3.05, 3.63) is 10.9 Å². The van der Waals surface area contributed by atoms with Crippen LogP contribution in [0.2, 0.25) is 0 Å². The molecule has 2 aromatic rings. The third kappa shape index (κ3) is 2.97. The van der Waals surface area contributed by atoms with Crippen LogP contribution in [0.5, 0.6) is 0 Å². The molecule has 0 saturated heterocycles. The quantitative estimate of drug-likeness (QED) is 0.877. The normalized spacial score (nSPS) is 10.9. The van der Waals surface area contributed by atoms with Crippen LogP contribution in [0.4, 0.5) is 11.8 Å². The Kier molecular flexibility index (Phi) is 4.58. The maximum Gasteiger partial charge on any atom is 0.226 e. The van der Waals surface area contributed by atoms with E-state index in [-0.39, 0.29) is 0 Å². The Hall–Kier alpha value is -1.36. The van der Waals surface area contributed by atoms with Gasteiger partial charge in [0.2, 0.25) is 5.95 Å². The molecule has 0 fully saturated rings. The first-order valence-corrected chi connectivity index (χ1v) is 7.76. The lowest BCUT2D eigenvalue weighted by Crippen LogP contribution is -2.18. The Morgan fingerprint density at radius 1 is 1.26 bits per heavy atom. The number of fused-ring (bicyclic) bond motifs is 1. The van der Waals surface area contributed by atoms with Crippen LogP contribution in [0.25, 0.3) is 10.2 Å². The van der Waals surface area contributed by atoms with Crippen molar-refractivity contribution in [2.24, 2.45) is 0 Å². The molecule has 1 N–H and O–H groups in total. The van der Waals surface area contributed by atoms with Crippen LogP contribution in [0.1, 0.15) is 32.1 Å². The first-order chi connectivity index (χ1) is 9.19. The number of aromatic nitrogens is 2. The topological polar surface area (TPSA) is 41.1 Å². The van der Waals surface area contributed by atoms with Crippen molar-refractivity contribution in [3.8, 4) is 0 Å². The Labute approximate surface area is 118 Å². The van der Waals surface area contributed by atoms with E-state index in [4.69, 9.17) is 0 Å². The van der Waals surface area contributed by atoms with Gasteiger partial charge in [0, 0.05) is 25.0 Å². The van der Waals surface area contributed by atoms with Crippen molar-refractivity contribution >= 4 is 33.3 Å². The molecule has 2 rings (SSSR count). The van der Waals surface area contributed by atoms with E-state index < -0.39 is 0 Å². The van der Waals surface area contributed by atoms with Crippen molar-refractivity contribution in [1.82, 2.24) is 9.97 Å². The molecule has 0 aromatic carbocycles. The van der Waals surface area contributed by atoms with Crippen molar-refractivity contribution in [1.29, 1.82) is 0 Å². The van der Waals surface area contributed by atoms with Gasteiger partial charge in [0.1, 0.15) is 10.6 Å². The summed E-state index contributed by atoms with van der Waals surface area (Å²) < 4.78 is 0. The molecule has 5 heteroatoms. The van der Waals surface area contributed by atoms with Crippen LogP contribution in [-0.2, 0) is 6.42 Å². The summed E-state index contributed by atoms with van der Waals surface area (Å²) >= 11 is 1.77. The Bertz CT molecular complexity index is 550. The zero-order valence-electron chi connectivity index (χ0n) is 12.2. The fraction of sp³-hybridized carbons (Fsp3) is 0.571. The molecule has 0 aliphatic carbocycles. The second kappa shape index (κ2) is 6.19. The molecule has 0 atom stereocenters. The number of rotatable bonds is 6. The molecule has 0 amide bonds. The first kappa shape index (κ1) is 14.1. The summed E-state index contributed by atoms with van der Waals surface area (Å²) in [5.74, 6) is 1.77. The predicted octanol–water partition coefficient (Wildman–Crippen LogP) is 3.53. The molecule has 4 nitrogen and oxygen atoms in total. The number of hydrogen-bond acceptors (Lipinski definition) is 5. The van der Waals surface area contributed by atoms with Crippen LogP contribution < -0.4 is 10.2 Å². The summed E-state index contributed by atoms with van der Waals surface area (Å²) in [7, 11) is 2.08. The largest absolute Gasteiger partial charge is 0.359 e. The van der Waals surface area contributed by atoms with Gasteiger partial charge in [-0.15, -0.1) is 11.3 Å². The summed E-state index contributed by atoms with van der Waals surface area (Å²) in [5.41, 5.74) is 0. The van der Waals surface area contributed by atoms with Crippen molar-refractivity contribution in [2.75, 3.05) is 30.4 Å². The lowest BCUT2D eigenvalue weighted by molar-refractivity contribution is 0.924. The van der Waals surface area contributed by atoms with Crippen LogP contribution in [-0.4, -0.2) is 30.1 Å². The summed E-state index contributed by atoms with van der Waals surface area (Å²) in [6.45, 7) is 8.31. The molecule has 19 heavy (non-hydrogen) atoms. The molecule has 104 valence electrons. The average Bonchev–Trinajstić information content (AvgIpc) is 2.86. The van der Waals surface area contributed by atoms with Gasteiger partial charge < -0.3 is 10.2 Å². The zero-order chi connectivity index (χ0) is 13.8. The lowest BCUT2D eigenvalue weighted by atomic mass is 10.3. The molecule has 0 radical (unpaired) electrons. The van der Waals surface area contributed by atoms with Crippen LogP contribution in [0, 0.1) is 0 Å². The Morgan fingerprint density at radius 3 is 2.68 bits per heavy atom. The van der Waals surface area contributed by atoms with Gasteiger partial charge in [-0.05, 0) is 25.8 Å². The van der Waals surface area contributed by atoms with Gasteiger partial charge in [0.15, 0.2) is 0 Å². The number of anilines is 2. The molecule has 0 saturated carbocycles. The molecule has 0 bridgehead atoms. The van der Waals surface area contributed by atoms with E-state index in [0.29, 0.717) is 0 Å². The smallest absolute Gasteiger partial charge is 0.226 e. The van der Waals surface area contributed by atoms with Gasteiger partial charge in [0.05, 0.1) is 5.39 Å². The van der Waals surface area contributed by atoms with E-state index >= 15 is 0 Å². The van der Waals surface area contributed by atoms with E-state index in [1.807, 2.05) is 0 Å². The molecule has 0 spiro atoms. The Morgan fingerprint density at radius 2 is 2.05 bits per heavy atom. The predicted molar refractivity (Wildman–Crippen MR) is 84.5 cm³/mol. The van der Waals surface area contributed by atoms with E-state index in [2.05, 4.69) is 54.1 Å². The van der Waals surface area contributed by atoms with Crippen molar-refractivity contribution < 1.29 is 0 Å².